The molecule has 90 valence electrons. The van der Waals surface area contributed by atoms with Crippen LogP contribution in [0, 0.1) is 17.0 Å². The maximum absolute atomic E-state index is 12.5. The number of rotatable bonds is 1. The van der Waals surface area contributed by atoms with Gasteiger partial charge < -0.3 is 0 Å². The number of hydrogen-bond acceptors (Lipinski definition) is 4. The van der Waals surface area contributed by atoms with Crippen molar-refractivity contribution >= 4 is 11.3 Å². The summed E-state index contributed by atoms with van der Waals surface area (Å²) in [6.45, 7) is 1.43. The Bertz CT molecular complexity index is 605. The van der Waals surface area contributed by atoms with E-state index in [-0.39, 0.29) is 11.5 Å². The molecule has 0 radical (unpaired) electrons. The van der Waals surface area contributed by atoms with Crippen molar-refractivity contribution in [2.45, 2.75) is 13.1 Å². The number of halogens is 3. The first-order valence-corrected chi connectivity index (χ1v) is 4.37. The van der Waals surface area contributed by atoms with Crippen molar-refractivity contribution in [1.29, 1.82) is 0 Å². The Kier molecular flexibility index (Phi) is 2.26. The molecule has 2 aromatic rings. The average molecular weight is 246 g/mol. The Hall–Kier alpha value is -2.19. The molecule has 0 amide bonds. The molecule has 0 fully saturated rings. The summed E-state index contributed by atoms with van der Waals surface area (Å²) in [7, 11) is 0. The summed E-state index contributed by atoms with van der Waals surface area (Å²) in [5.41, 5.74) is -2.07. The normalized spacial score (nSPS) is 12.0. The molecule has 0 aliphatic heterocycles. The Morgan fingerprint density at radius 2 is 2.12 bits per heavy atom. The topological polar surface area (TPSA) is 73.3 Å². The van der Waals surface area contributed by atoms with Gasteiger partial charge in [-0.1, -0.05) is 0 Å². The number of aromatic nitrogens is 3. The molecular weight excluding hydrogens is 241 g/mol. The Balaban J connectivity index is 2.80. The fourth-order valence-electron chi connectivity index (χ4n) is 1.37. The fraction of sp³-hybridized carbons (Fsp3) is 0.250. The van der Waals surface area contributed by atoms with Crippen molar-refractivity contribution in [2.24, 2.45) is 0 Å². The van der Waals surface area contributed by atoms with Crippen molar-refractivity contribution in [3.8, 4) is 0 Å². The standard InChI is InChI=1S/C8H5F3N4O2/c1-4-12-7-6(15(16)17)2-5(8(9,10)11)3-14(7)13-4/h2-3H,1H3. The van der Waals surface area contributed by atoms with Crippen LogP contribution in [0.4, 0.5) is 18.9 Å². The van der Waals surface area contributed by atoms with Gasteiger partial charge in [0, 0.05) is 12.3 Å². The second kappa shape index (κ2) is 3.40. The molecule has 0 spiro atoms. The van der Waals surface area contributed by atoms with Crippen LogP contribution >= 0.6 is 0 Å². The van der Waals surface area contributed by atoms with Crippen LogP contribution in [0.3, 0.4) is 0 Å². The number of pyridine rings is 1. The highest BCUT2D eigenvalue weighted by atomic mass is 19.4. The third kappa shape index (κ3) is 1.90. The first-order chi connectivity index (χ1) is 7.79. The molecule has 0 atom stereocenters. The van der Waals surface area contributed by atoms with Gasteiger partial charge in [0.1, 0.15) is 5.82 Å². The summed E-state index contributed by atoms with van der Waals surface area (Å²) < 4.78 is 38.2. The van der Waals surface area contributed by atoms with Gasteiger partial charge in [-0.2, -0.15) is 18.3 Å². The van der Waals surface area contributed by atoms with Gasteiger partial charge in [-0.05, 0) is 6.92 Å². The lowest BCUT2D eigenvalue weighted by atomic mass is 10.2. The van der Waals surface area contributed by atoms with Crippen LogP contribution in [-0.4, -0.2) is 19.5 Å². The van der Waals surface area contributed by atoms with Gasteiger partial charge in [0.2, 0.25) is 5.65 Å². The largest absolute Gasteiger partial charge is 0.418 e. The van der Waals surface area contributed by atoms with E-state index in [1.807, 2.05) is 0 Å². The molecule has 9 heteroatoms. The predicted octanol–water partition coefficient (Wildman–Crippen LogP) is 1.96. The van der Waals surface area contributed by atoms with Crippen molar-refractivity contribution < 1.29 is 18.1 Å². The molecule has 17 heavy (non-hydrogen) atoms. The zero-order valence-electron chi connectivity index (χ0n) is 8.39. The Morgan fingerprint density at radius 1 is 1.47 bits per heavy atom. The number of hydrogen-bond donors (Lipinski definition) is 0. The molecule has 0 aliphatic rings. The first kappa shape index (κ1) is 11.3. The van der Waals surface area contributed by atoms with Crippen molar-refractivity contribution in [1.82, 2.24) is 14.6 Å². The van der Waals surface area contributed by atoms with E-state index >= 15 is 0 Å². The minimum absolute atomic E-state index is 0.160. The Morgan fingerprint density at radius 3 is 2.65 bits per heavy atom. The molecule has 0 N–H and O–H groups in total. The highest BCUT2D eigenvalue weighted by Crippen LogP contribution is 2.32. The zero-order chi connectivity index (χ0) is 12.8. The van der Waals surface area contributed by atoms with Gasteiger partial charge in [-0.15, -0.1) is 0 Å². The van der Waals surface area contributed by atoms with Crippen molar-refractivity contribution in [3.63, 3.8) is 0 Å². The average Bonchev–Trinajstić information content (AvgIpc) is 2.54. The number of alkyl halides is 3. The van der Waals surface area contributed by atoms with Crippen LogP contribution in [0.5, 0.6) is 0 Å². The molecule has 2 heterocycles. The number of nitrogens with zero attached hydrogens (tertiary/aromatic N) is 4. The quantitative estimate of drug-likeness (QED) is 0.569. The number of fused-ring (bicyclic) bond motifs is 1. The SMILES string of the molecule is Cc1nc2c([N+](=O)[O-])cc(C(F)(F)F)cn2n1. The zero-order valence-corrected chi connectivity index (χ0v) is 8.39. The summed E-state index contributed by atoms with van der Waals surface area (Å²) in [6, 6.07) is 0.448. The molecule has 0 saturated carbocycles. The minimum atomic E-state index is -4.67. The predicted molar refractivity (Wildman–Crippen MR) is 49.4 cm³/mol. The Labute approximate surface area is 91.8 Å². The van der Waals surface area contributed by atoms with E-state index in [0.29, 0.717) is 12.3 Å². The van der Waals surface area contributed by atoms with Crippen LogP contribution in [0.1, 0.15) is 11.4 Å². The van der Waals surface area contributed by atoms with Gasteiger partial charge in [0.05, 0.1) is 10.5 Å². The van der Waals surface area contributed by atoms with Gasteiger partial charge in [-0.3, -0.25) is 10.1 Å². The van der Waals surface area contributed by atoms with E-state index in [0.717, 1.165) is 4.52 Å². The maximum atomic E-state index is 12.5. The second-order valence-electron chi connectivity index (χ2n) is 3.30. The molecule has 0 saturated heterocycles. The molecule has 0 bridgehead atoms. The summed E-state index contributed by atoms with van der Waals surface area (Å²) >= 11 is 0. The van der Waals surface area contributed by atoms with Crippen molar-refractivity contribution in [3.05, 3.63) is 33.8 Å². The smallest absolute Gasteiger partial charge is 0.258 e. The van der Waals surface area contributed by atoms with Gasteiger partial charge in [0.15, 0.2) is 0 Å². The monoisotopic (exact) mass is 246 g/mol. The fourth-order valence-corrected chi connectivity index (χ4v) is 1.37. The molecule has 2 aromatic heterocycles. The van der Waals surface area contributed by atoms with E-state index < -0.39 is 22.4 Å². The van der Waals surface area contributed by atoms with Crippen molar-refractivity contribution in [2.75, 3.05) is 0 Å². The first-order valence-electron chi connectivity index (χ1n) is 4.37. The van der Waals surface area contributed by atoms with Gasteiger partial charge in [-0.25, -0.2) is 9.50 Å². The number of nitro groups is 1. The van der Waals surface area contributed by atoms with E-state index in [2.05, 4.69) is 10.1 Å². The summed E-state index contributed by atoms with van der Waals surface area (Å²) in [6.07, 6.45) is -4.00. The third-order valence-electron chi connectivity index (χ3n) is 2.04. The minimum Gasteiger partial charge on any atom is -0.258 e. The lowest BCUT2D eigenvalue weighted by Gasteiger charge is -2.06. The summed E-state index contributed by atoms with van der Waals surface area (Å²) in [4.78, 5) is 13.4. The lowest BCUT2D eigenvalue weighted by Crippen LogP contribution is -2.08. The van der Waals surface area contributed by atoms with E-state index in [4.69, 9.17) is 0 Å². The molecule has 0 unspecified atom stereocenters. The number of aryl methyl sites for hydroxylation is 1. The lowest BCUT2D eigenvalue weighted by molar-refractivity contribution is -0.383. The molecule has 2 rings (SSSR count). The molecule has 0 aromatic carbocycles. The summed E-state index contributed by atoms with van der Waals surface area (Å²) in [5.74, 6) is 0.160. The maximum Gasteiger partial charge on any atom is 0.418 e. The van der Waals surface area contributed by atoms with Crippen LogP contribution in [0.2, 0.25) is 0 Å². The third-order valence-corrected chi connectivity index (χ3v) is 2.04. The van der Waals surface area contributed by atoms with Gasteiger partial charge in [0.25, 0.3) is 0 Å². The summed E-state index contributed by atoms with van der Waals surface area (Å²) in [5, 5.41) is 14.3. The van der Waals surface area contributed by atoms with Crippen LogP contribution in [0.25, 0.3) is 5.65 Å². The highest BCUT2D eigenvalue weighted by Gasteiger charge is 2.34. The highest BCUT2D eigenvalue weighted by molar-refractivity contribution is 5.60. The molecule has 0 aliphatic carbocycles. The van der Waals surface area contributed by atoms with Crippen LogP contribution < -0.4 is 0 Å². The van der Waals surface area contributed by atoms with Crippen LogP contribution in [0.15, 0.2) is 12.3 Å². The van der Waals surface area contributed by atoms with Crippen LogP contribution in [-0.2, 0) is 6.18 Å². The van der Waals surface area contributed by atoms with E-state index in [1.165, 1.54) is 6.92 Å². The van der Waals surface area contributed by atoms with E-state index in [9.17, 15) is 23.3 Å². The van der Waals surface area contributed by atoms with Gasteiger partial charge >= 0.3 is 11.9 Å². The second-order valence-corrected chi connectivity index (χ2v) is 3.30. The molecular formula is C8H5F3N4O2. The molecule has 6 nitrogen and oxygen atoms in total. The van der Waals surface area contributed by atoms with E-state index in [1.54, 1.807) is 0 Å².